The van der Waals surface area contributed by atoms with Crippen LogP contribution in [0.4, 0.5) is 17.1 Å². The van der Waals surface area contributed by atoms with Gasteiger partial charge in [0.1, 0.15) is 5.75 Å². The zero-order chi connectivity index (χ0) is 17.1. The monoisotopic (exact) mass is 357 g/mol. The fourth-order valence-corrected chi connectivity index (χ4v) is 2.22. The summed E-state index contributed by atoms with van der Waals surface area (Å²) in [6, 6.07) is 3.46. The summed E-state index contributed by atoms with van der Waals surface area (Å²) in [4.78, 5) is 28.1. The fourth-order valence-electron chi connectivity index (χ4n) is 1.59. The lowest BCUT2D eigenvalue weighted by Crippen LogP contribution is -2.01. The van der Waals surface area contributed by atoms with Gasteiger partial charge in [-0.25, -0.2) is 4.98 Å². The van der Waals surface area contributed by atoms with E-state index in [1.807, 2.05) is 0 Å². The molecule has 0 saturated carbocycles. The van der Waals surface area contributed by atoms with Crippen molar-refractivity contribution in [2.24, 2.45) is 0 Å². The first-order valence-electron chi connectivity index (χ1n) is 5.80. The number of rotatable bonds is 5. The van der Waals surface area contributed by atoms with Gasteiger partial charge in [0, 0.05) is 17.8 Å². The van der Waals surface area contributed by atoms with Gasteiger partial charge in [0.15, 0.2) is 5.16 Å². The number of nitro benzene ring substituents is 1. The van der Waals surface area contributed by atoms with Gasteiger partial charge < -0.3 is 10.5 Å². The standard InChI is InChI=1S/C11H8ClN5O5S/c1-23-11-14-9(12)8(17(20)21)10(15-11)22-7-3-5(13)2-6(4-7)16(18)19/h2-4H,13H2,1H3. The molecule has 120 valence electrons. The Labute approximate surface area is 137 Å². The van der Waals surface area contributed by atoms with Crippen molar-refractivity contribution in [3.8, 4) is 11.6 Å². The number of hydrogen-bond acceptors (Lipinski definition) is 9. The molecule has 0 fully saturated rings. The van der Waals surface area contributed by atoms with Crippen molar-refractivity contribution in [3.63, 3.8) is 0 Å². The summed E-state index contributed by atoms with van der Waals surface area (Å²) >= 11 is 6.87. The second-order valence-corrected chi connectivity index (χ2v) is 5.16. The Hall–Kier alpha value is -2.66. The Bertz CT molecular complexity index is 803. The third-order valence-corrected chi connectivity index (χ3v) is 3.30. The summed E-state index contributed by atoms with van der Waals surface area (Å²) in [6.45, 7) is 0. The number of anilines is 1. The quantitative estimate of drug-likeness (QED) is 0.213. The van der Waals surface area contributed by atoms with E-state index in [9.17, 15) is 20.2 Å². The molecule has 0 saturated heterocycles. The van der Waals surface area contributed by atoms with Gasteiger partial charge >= 0.3 is 11.6 Å². The maximum Gasteiger partial charge on any atom is 0.368 e. The van der Waals surface area contributed by atoms with Crippen LogP contribution < -0.4 is 10.5 Å². The van der Waals surface area contributed by atoms with E-state index in [2.05, 4.69) is 9.97 Å². The molecular weight excluding hydrogens is 350 g/mol. The molecule has 0 unspecified atom stereocenters. The maximum atomic E-state index is 11.1. The number of nitrogens with zero attached hydrogens (tertiary/aromatic N) is 4. The van der Waals surface area contributed by atoms with Crippen molar-refractivity contribution >= 4 is 40.4 Å². The van der Waals surface area contributed by atoms with Crippen LogP contribution in [0, 0.1) is 20.2 Å². The summed E-state index contributed by atoms with van der Waals surface area (Å²) < 4.78 is 5.29. The van der Waals surface area contributed by atoms with E-state index >= 15 is 0 Å². The molecule has 0 radical (unpaired) electrons. The first kappa shape index (κ1) is 16.7. The van der Waals surface area contributed by atoms with Gasteiger partial charge in [-0.05, 0) is 6.26 Å². The fraction of sp³-hybridized carbons (Fsp3) is 0.0909. The minimum Gasteiger partial charge on any atom is -0.433 e. The largest absolute Gasteiger partial charge is 0.433 e. The van der Waals surface area contributed by atoms with E-state index in [-0.39, 0.29) is 22.3 Å². The highest BCUT2D eigenvalue weighted by molar-refractivity contribution is 7.98. The molecule has 0 atom stereocenters. The SMILES string of the molecule is CSc1nc(Cl)c([N+](=O)[O-])c(Oc2cc(N)cc([N+](=O)[O-])c2)n1. The third kappa shape index (κ3) is 3.76. The van der Waals surface area contributed by atoms with Crippen molar-refractivity contribution in [2.75, 3.05) is 12.0 Å². The molecule has 2 rings (SSSR count). The van der Waals surface area contributed by atoms with Gasteiger partial charge in [0.05, 0.1) is 15.9 Å². The van der Waals surface area contributed by atoms with Crippen LogP contribution in [0.25, 0.3) is 0 Å². The van der Waals surface area contributed by atoms with Crippen molar-refractivity contribution < 1.29 is 14.6 Å². The van der Waals surface area contributed by atoms with Crippen molar-refractivity contribution in [1.82, 2.24) is 9.97 Å². The smallest absolute Gasteiger partial charge is 0.368 e. The number of thioether (sulfide) groups is 1. The highest BCUT2D eigenvalue weighted by Gasteiger charge is 2.26. The Morgan fingerprint density at radius 3 is 2.48 bits per heavy atom. The molecule has 0 bridgehead atoms. The maximum absolute atomic E-state index is 11.1. The van der Waals surface area contributed by atoms with Crippen LogP contribution in [0.1, 0.15) is 0 Å². The predicted octanol–water partition coefficient (Wildman–Crippen LogP) is 3.04. The molecule has 0 aliphatic rings. The van der Waals surface area contributed by atoms with Gasteiger partial charge in [-0.3, -0.25) is 20.2 Å². The minimum absolute atomic E-state index is 0.0575. The number of ether oxygens (including phenoxy) is 1. The van der Waals surface area contributed by atoms with E-state index < -0.39 is 26.6 Å². The molecule has 10 nitrogen and oxygen atoms in total. The van der Waals surface area contributed by atoms with Gasteiger partial charge in [-0.2, -0.15) is 4.98 Å². The molecule has 12 heteroatoms. The highest BCUT2D eigenvalue weighted by atomic mass is 35.5. The summed E-state index contributed by atoms with van der Waals surface area (Å²) in [5.41, 5.74) is 4.64. The van der Waals surface area contributed by atoms with Crippen LogP contribution >= 0.6 is 23.4 Å². The summed E-state index contributed by atoms with van der Waals surface area (Å²) in [7, 11) is 0. The average molecular weight is 358 g/mol. The Balaban J connectivity index is 2.53. The molecule has 23 heavy (non-hydrogen) atoms. The molecule has 0 aliphatic heterocycles. The van der Waals surface area contributed by atoms with Crippen LogP contribution in [-0.4, -0.2) is 26.1 Å². The Morgan fingerprint density at radius 1 is 1.22 bits per heavy atom. The normalized spacial score (nSPS) is 10.3. The third-order valence-electron chi connectivity index (χ3n) is 2.49. The van der Waals surface area contributed by atoms with Crippen LogP contribution in [0.15, 0.2) is 23.4 Å². The lowest BCUT2D eigenvalue weighted by Gasteiger charge is -2.08. The zero-order valence-electron chi connectivity index (χ0n) is 11.4. The van der Waals surface area contributed by atoms with Crippen LogP contribution in [0.3, 0.4) is 0 Å². The lowest BCUT2D eigenvalue weighted by molar-refractivity contribution is -0.386. The molecule has 2 aromatic rings. The topological polar surface area (TPSA) is 147 Å². The summed E-state index contributed by atoms with van der Waals surface area (Å²) in [6.07, 6.45) is 1.65. The highest BCUT2D eigenvalue weighted by Crippen LogP contribution is 2.37. The van der Waals surface area contributed by atoms with Crippen LogP contribution in [0.2, 0.25) is 5.15 Å². The second-order valence-electron chi connectivity index (χ2n) is 4.03. The van der Waals surface area contributed by atoms with E-state index in [0.29, 0.717) is 0 Å². The molecule has 0 aliphatic carbocycles. The van der Waals surface area contributed by atoms with E-state index in [1.165, 1.54) is 6.07 Å². The van der Waals surface area contributed by atoms with Gasteiger partial charge in [-0.1, -0.05) is 23.4 Å². The number of non-ortho nitro benzene ring substituents is 1. The van der Waals surface area contributed by atoms with Gasteiger partial charge in [0.25, 0.3) is 5.69 Å². The molecule has 0 spiro atoms. The molecule has 1 aromatic heterocycles. The average Bonchev–Trinajstić information content (AvgIpc) is 2.45. The number of benzene rings is 1. The van der Waals surface area contributed by atoms with E-state index in [4.69, 9.17) is 22.1 Å². The van der Waals surface area contributed by atoms with Gasteiger partial charge in [0.2, 0.25) is 5.15 Å². The Kier molecular flexibility index (Phi) is 4.81. The van der Waals surface area contributed by atoms with Crippen LogP contribution in [-0.2, 0) is 0 Å². The molecule has 0 amide bonds. The number of hydrogen-bond donors (Lipinski definition) is 1. The molecule has 2 N–H and O–H groups in total. The molecule has 1 heterocycles. The minimum atomic E-state index is -0.803. The second kappa shape index (κ2) is 6.62. The predicted molar refractivity (Wildman–Crippen MR) is 83.1 cm³/mol. The number of aromatic nitrogens is 2. The number of halogens is 1. The van der Waals surface area contributed by atoms with Crippen molar-refractivity contribution in [3.05, 3.63) is 43.6 Å². The first-order valence-corrected chi connectivity index (χ1v) is 7.40. The molecular formula is C11H8ClN5O5S. The van der Waals surface area contributed by atoms with Crippen molar-refractivity contribution in [1.29, 1.82) is 0 Å². The molecule has 1 aromatic carbocycles. The first-order chi connectivity index (χ1) is 10.8. The zero-order valence-corrected chi connectivity index (χ0v) is 13.0. The van der Waals surface area contributed by atoms with Crippen molar-refractivity contribution in [2.45, 2.75) is 5.16 Å². The van der Waals surface area contributed by atoms with E-state index in [0.717, 1.165) is 23.9 Å². The van der Waals surface area contributed by atoms with E-state index in [1.54, 1.807) is 6.26 Å². The van der Waals surface area contributed by atoms with Gasteiger partial charge in [-0.15, -0.1) is 0 Å². The van der Waals surface area contributed by atoms with Crippen LogP contribution in [0.5, 0.6) is 11.6 Å². The lowest BCUT2D eigenvalue weighted by atomic mass is 10.2. The summed E-state index contributed by atoms with van der Waals surface area (Å²) in [5.74, 6) is -0.513. The summed E-state index contributed by atoms with van der Waals surface area (Å²) in [5, 5.41) is 21.7. The Morgan fingerprint density at radius 2 is 1.91 bits per heavy atom. The number of nitro groups is 2. The number of nitrogen functional groups attached to an aromatic ring is 1. The number of nitrogens with two attached hydrogens (primary N) is 1.